The zero-order chi connectivity index (χ0) is 17.9. The minimum atomic E-state index is -3.78. The molecule has 3 rings (SSSR count). The molecule has 0 radical (unpaired) electrons. The van der Waals surface area contributed by atoms with Crippen molar-refractivity contribution in [3.8, 4) is 16.9 Å². The van der Waals surface area contributed by atoms with Crippen LogP contribution < -0.4 is 9.46 Å². The second kappa shape index (κ2) is 7.53. The Morgan fingerprint density at radius 1 is 1.20 bits per heavy atom. The number of nitrogens with one attached hydrogen (secondary N) is 1. The monoisotopic (exact) mass is 394 g/mol. The normalized spacial score (nSPS) is 11.4. The second-order valence-corrected chi connectivity index (χ2v) is 8.17. The largest absolute Gasteiger partial charge is 0.495 e. The standard InChI is InChI=1S/C17H15ClN2O3S2/c1-23-16-3-2-15(18)7-17(16)25(21,22)20-9-12-6-14(10-19-8-12)13-4-5-24-11-13/h2-8,10-11,20H,9H2,1H3. The van der Waals surface area contributed by atoms with E-state index in [0.29, 0.717) is 5.02 Å². The summed E-state index contributed by atoms with van der Waals surface area (Å²) >= 11 is 7.51. The quantitative estimate of drug-likeness (QED) is 0.687. The van der Waals surface area contributed by atoms with Crippen molar-refractivity contribution in [3.63, 3.8) is 0 Å². The zero-order valence-corrected chi connectivity index (χ0v) is 15.7. The molecule has 0 saturated heterocycles. The molecule has 8 heteroatoms. The van der Waals surface area contributed by atoms with Crippen molar-refractivity contribution in [2.45, 2.75) is 11.4 Å². The van der Waals surface area contributed by atoms with Crippen LogP contribution >= 0.6 is 22.9 Å². The first-order valence-electron chi connectivity index (χ1n) is 7.29. The first-order valence-corrected chi connectivity index (χ1v) is 10.1. The summed E-state index contributed by atoms with van der Waals surface area (Å²) in [7, 11) is -2.36. The van der Waals surface area contributed by atoms with E-state index in [4.69, 9.17) is 16.3 Å². The van der Waals surface area contributed by atoms with Crippen molar-refractivity contribution in [1.29, 1.82) is 0 Å². The number of ether oxygens (including phenoxy) is 1. The van der Waals surface area contributed by atoms with Crippen molar-refractivity contribution in [1.82, 2.24) is 9.71 Å². The zero-order valence-electron chi connectivity index (χ0n) is 13.3. The van der Waals surface area contributed by atoms with Crippen LogP contribution in [0, 0.1) is 0 Å². The number of pyridine rings is 1. The van der Waals surface area contributed by atoms with Gasteiger partial charge in [-0.15, -0.1) is 0 Å². The average Bonchev–Trinajstić information content (AvgIpc) is 3.15. The van der Waals surface area contributed by atoms with Crippen LogP contribution in [0.1, 0.15) is 5.56 Å². The van der Waals surface area contributed by atoms with E-state index in [1.165, 1.54) is 19.2 Å². The summed E-state index contributed by atoms with van der Waals surface area (Å²) in [5.41, 5.74) is 2.75. The molecule has 0 aliphatic carbocycles. The number of sulfonamides is 1. The number of methoxy groups -OCH3 is 1. The van der Waals surface area contributed by atoms with Gasteiger partial charge in [0.25, 0.3) is 0 Å². The van der Waals surface area contributed by atoms with Gasteiger partial charge in [0.1, 0.15) is 10.6 Å². The molecule has 2 aromatic heterocycles. The highest BCUT2D eigenvalue weighted by Crippen LogP contribution is 2.27. The molecule has 0 spiro atoms. The maximum Gasteiger partial charge on any atom is 0.244 e. The molecule has 0 aliphatic rings. The minimum absolute atomic E-state index is 0.00412. The highest BCUT2D eigenvalue weighted by molar-refractivity contribution is 7.89. The molecular formula is C17H15ClN2O3S2. The predicted molar refractivity (Wildman–Crippen MR) is 99.6 cm³/mol. The lowest BCUT2D eigenvalue weighted by Crippen LogP contribution is -2.23. The van der Waals surface area contributed by atoms with Crippen LogP contribution in [0.5, 0.6) is 5.75 Å². The summed E-state index contributed by atoms with van der Waals surface area (Å²) in [6.07, 6.45) is 3.38. The second-order valence-electron chi connectivity index (χ2n) is 5.21. The summed E-state index contributed by atoms with van der Waals surface area (Å²) in [5, 5.41) is 4.32. The highest BCUT2D eigenvalue weighted by Gasteiger charge is 2.20. The lowest BCUT2D eigenvalue weighted by molar-refractivity contribution is 0.402. The number of hydrogen-bond acceptors (Lipinski definition) is 5. The van der Waals surface area contributed by atoms with E-state index in [1.54, 1.807) is 29.8 Å². The van der Waals surface area contributed by atoms with E-state index in [2.05, 4.69) is 9.71 Å². The summed E-state index contributed by atoms with van der Waals surface area (Å²) in [6.45, 7) is 0.114. The van der Waals surface area contributed by atoms with Crippen LogP contribution in [0.4, 0.5) is 0 Å². The first-order chi connectivity index (χ1) is 12.0. The van der Waals surface area contributed by atoms with E-state index in [9.17, 15) is 8.42 Å². The van der Waals surface area contributed by atoms with Gasteiger partial charge in [-0.2, -0.15) is 11.3 Å². The van der Waals surface area contributed by atoms with E-state index in [-0.39, 0.29) is 17.2 Å². The maximum absolute atomic E-state index is 12.6. The average molecular weight is 395 g/mol. The highest BCUT2D eigenvalue weighted by atomic mass is 35.5. The van der Waals surface area contributed by atoms with Crippen LogP contribution in [0.25, 0.3) is 11.1 Å². The van der Waals surface area contributed by atoms with Crippen molar-refractivity contribution >= 4 is 33.0 Å². The van der Waals surface area contributed by atoms with Crippen LogP contribution in [-0.4, -0.2) is 20.5 Å². The Morgan fingerprint density at radius 3 is 2.76 bits per heavy atom. The molecule has 0 amide bonds. The van der Waals surface area contributed by atoms with Crippen molar-refractivity contribution < 1.29 is 13.2 Å². The van der Waals surface area contributed by atoms with Crippen LogP contribution in [0.15, 0.2) is 58.4 Å². The van der Waals surface area contributed by atoms with E-state index < -0.39 is 10.0 Å². The molecule has 5 nitrogen and oxygen atoms in total. The molecule has 1 N–H and O–H groups in total. The third kappa shape index (κ3) is 4.19. The fourth-order valence-electron chi connectivity index (χ4n) is 2.29. The lowest BCUT2D eigenvalue weighted by atomic mass is 10.1. The lowest BCUT2D eigenvalue weighted by Gasteiger charge is -2.11. The molecule has 1 aromatic carbocycles. The molecule has 0 bridgehead atoms. The van der Waals surface area contributed by atoms with Gasteiger partial charge in [-0.25, -0.2) is 13.1 Å². The van der Waals surface area contributed by atoms with Crippen molar-refractivity contribution in [2.75, 3.05) is 7.11 Å². The number of nitrogens with zero attached hydrogens (tertiary/aromatic N) is 1. The molecule has 25 heavy (non-hydrogen) atoms. The fraction of sp³-hybridized carbons (Fsp3) is 0.118. The SMILES string of the molecule is COc1ccc(Cl)cc1S(=O)(=O)NCc1cncc(-c2ccsc2)c1. The summed E-state index contributed by atoms with van der Waals surface area (Å²) in [6, 6.07) is 8.37. The van der Waals surface area contributed by atoms with Gasteiger partial charge in [0.15, 0.2) is 0 Å². The molecule has 0 saturated carbocycles. The van der Waals surface area contributed by atoms with Gasteiger partial charge in [0.05, 0.1) is 7.11 Å². The van der Waals surface area contributed by atoms with Gasteiger partial charge in [0, 0.05) is 29.5 Å². The predicted octanol–water partition coefficient (Wildman–Crippen LogP) is 3.95. The third-order valence-electron chi connectivity index (χ3n) is 3.53. The van der Waals surface area contributed by atoms with Gasteiger partial charge < -0.3 is 4.74 Å². The fourth-order valence-corrected chi connectivity index (χ4v) is 4.40. The number of hydrogen-bond donors (Lipinski definition) is 1. The molecule has 130 valence electrons. The Hall–Kier alpha value is -1.93. The van der Waals surface area contributed by atoms with Crippen molar-refractivity contribution in [3.05, 3.63) is 64.1 Å². The molecule has 0 fully saturated rings. The Balaban J connectivity index is 1.81. The van der Waals surface area contributed by atoms with E-state index >= 15 is 0 Å². The number of aromatic nitrogens is 1. The first kappa shape index (κ1) is 17.9. The van der Waals surface area contributed by atoms with Gasteiger partial charge in [-0.3, -0.25) is 4.98 Å². The topological polar surface area (TPSA) is 68.3 Å². The third-order valence-corrected chi connectivity index (χ3v) is 5.87. The molecule has 3 aromatic rings. The number of benzene rings is 1. The van der Waals surface area contributed by atoms with Gasteiger partial charge >= 0.3 is 0 Å². The van der Waals surface area contributed by atoms with Crippen LogP contribution in [-0.2, 0) is 16.6 Å². The minimum Gasteiger partial charge on any atom is -0.495 e. The van der Waals surface area contributed by atoms with Crippen molar-refractivity contribution in [2.24, 2.45) is 0 Å². The van der Waals surface area contributed by atoms with E-state index in [0.717, 1.165) is 16.7 Å². The summed E-state index contributed by atoms with van der Waals surface area (Å²) in [5.74, 6) is 0.238. The molecule has 0 atom stereocenters. The summed E-state index contributed by atoms with van der Waals surface area (Å²) in [4.78, 5) is 4.19. The van der Waals surface area contributed by atoms with Crippen LogP contribution in [0.3, 0.4) is 0 Å². The Bertz CT molecular complexity index is 973. The molecular weight excluding hydrogens is 380 g/mol. The Kier molecular flexibility index (Phi) is 5.39. The molecule has 2 heterocycles. The van der Waals surface area contributed by atoms with E-state index in [1.807, 2.05) is 22.9 Å². The maximum atomic E-state index is 12.6. The number of rotatable bonds is 6. The van der Waals surface area contributed by atoms with Gasteiger partial charge in [0.2, 0.25) is 10.0 Å². The molecule has 0 aliphatic heterocycles. The molecule has 0 unspecified atom stereocenters. The Labute approximate surface area is 155 Å². The smallest absolute Gasteiger partial charge is 0.244 e. The van der Waals surface area contributed by atoms with Gasteiger partial charge in [-0.1, -0.05) is 11.6 Å². The number of thiophene rings is 1. The summed E-state index contributed by atoms with van der Waals surface area (Å²) < 4.78 is 32.8. The van der Waals surface area contributed by atoms with Gasteiger partial charge in [-0.05, 0) is 52.2 Å². The Morgan fingerprint density at radius 2 is 2.04 bits per heavy atom. The van der Waals surface area contributed by atoms with Crippen LogP contribution in [0.2, 0.25) is 5.02 Å². The number of halogens is 1.